The topological polar surface area (TPSA) is 73.5 Å². The van der Waals surface area contributed by atoms with E-state index >= 15 is 0 Å². The summed E-state index contributed by atoms with van der Waals surface area (Å²) in [5, 5.41) is 16.6. The van der Waals surface area contributed by atoms with Gasteiger partial charge in [-0.1, -0.05) is 5.21 Å². The number of fused-ring (bicyclic) bond motifs is 1. The number of hydrogen-bond acceptors (Lipinski definition) is 5. The fourth-order valence-electron chi connectivity index (χ4n) is 2.23. The minimum Gasteiger partial charge on any atom is -0.311 e. The Labute approximate surface area is 116 Å². The quantitative estimate of drug-likeness (QED) is 0.690. The Morgan fingerprint density at radius 3 is 3.05 bits per heavy atom. The van der Waals surface area contributed by atoms with Crippen molar-refractivity contribution in [1.82, 2.24) is 35.1 Å². The predicted molar refractivity (Wildman–Crippen MR) is 75.0 cm³/mol. The lowest BCUT2D eigenvalue weighted by Crippen LogP contribution is -2.19. The summed E-state index contributed by atoms with van der Waals surface area (Å²) in [6.07, 6.45) is 5.43. The molecule has 3 aromatic rings. The van der Waals surface area contributed by atoms with Crippen LogP contribution in [0, 0.1) is 6.92 Å². The van der Waals surface area contributed by atoms with Gasteiger partial charge in [-0.2, -0.15) is 5.10 Å². The molecular formula is C13H17N7. The molecule has 0 bridgehead atoms. The molecule has 0 amide bonds. The summed E-state index contributed by atoms with van der Waals surface area (Å²) >= 11 is 0. The van der Waals surface area contributed by atoms with E-state index in [1.165, 1.54) is 0 Å². The normalized spacial score (nSPS) is 11.3. The maximum absolute atomic E-state index is 4.46. The van der Waals surface area contributed by atoms with Crippen LogP contribution in [0.1, 0.15) is 11.3 Å². The average Bonchev–Trinajstić information content (AvgIpc) is 3.05. The minimum atomic E-state index is 0.784. The third-order valence-corrected chi connectivity index (χ3v) is 3.24. The molecule has 3 rings (SSSR count). The van der Waals surface area contributed by atoms with Gasteiger partial charge in [0.05, 0.1) is 18.4 Å². The van der Waals surface area contributed by atoms with Gasteiger partial charge in [0, 0.05) is 37.9 Å². The van der Waals surface area contributed by atoms with E-state index in [9.17, 15) is 0 Å². The summed E-state index contributed by atoms with van der Waals surface area (Å²) in [4.78, 5) is 4.46. The number of aryl methyl sites for hydroxylation is 2. The number of nitrogens with one attached hydrogen (secondary N) is 1. The van der Waals surface area contributed by atoms with Crippen LogP contribution in [-0.4, -0.2) is 36.3 Å². The first-order valence-electron chi connectivity index (χ1n) is 6.57. The van der Waals surface area contributed by atoms with Crippen LogP contribution < -0.4 is 5.32 Å². The SMILES string of the molecule is Cc1nn(C)c2ncc(CNCCn3ccnn3)cc12. The highest BCUT2D eigenvalue weighted by Crippen LogP contribution is 2.16. The Balaban J connectivity index is 1.61. The first kappa shape index (κ1) is 12.7. The summed E-state index contributed by atoms with van der Waals surface area (Å²) in [7, 11) is 1.92. The van der Waals surface area contributed by atoms with E-state index < -0.39 is 0 Å². The van der Waals surface area contributed by atoms with Crippen LogP contribution in [0.3, 0.4) is 0 Å². The van der Waals surface area contributed by atoms with Crippen molar-refractivity contribution in [3.8, 4) is 0 Å². The Bertz CT molecular complexity index is 699. The number of rotatable bonds is 5. The lowest BCUT2D eigenvalue weighted by atomic mass is 10.2. The van der Waals surface area contributed by atoms with Gasteiger partial charge in [-0.3, -0.25) is 9.36 Å². The maximum Gasteiger partial charge on any atom is 0.157 e. The van der Waals surface area contributed by atoms with Crippen molar-refractivity contribution in [3.05, 3.63) is 35.9 Å². The van der Waals surface area contributed by atoms with Crippen molar-refractivity contribution >= 4 is 11.0 Å². The smallest absolute Gasteiger partial charge is 0.157 e. The fourth-order valence-corrected chi connectivity index (χ4v) is 2.23. The van der Waals surface area contributed by atoms with E-state index in [0.717, 1.165) is 41.9 Å². The Hall–Kier alpha value is -2.28. The molecule has 0 fully saturated rings. The van der Waals surface area contributed by atoms with Crippen LogP contribution in [0.25, 0.3) is 11.0 Å². The molecule has 7 nitrogen and oxygen atoms in total. The molecule has 0 unspecified atom stereocenters. The molecule has 0 aromatic carbocycles. The molecular weight excluding hydrogens is 254 g/mol. The Morgan fingerprint density at radius 2 is 2.25 bits per heavy atom. The maximum atomic E-state index is 4.46. The standard InChI is InChI=1S/C13H17N7/c1-10-12-7-11(9-15-13(12)19(2)17-10)8-14-3-5-20-6-4-16-18-20/h4,6-7,9,14H,3,5,8H2,1-2H3. The highest BCUT2D eigenvalue weighted by molar-refractivity contribution is 5.78. The summed E-state index contributed by atoms with van der Waals surface area (Å²) < 4.78 is 3.62. The van der Waals surface area contributed by atoms with E-state index in [4.69, 9.17) is 0 Å². The number of pyridine rings is 1. The molecule has 20 heavy (non-hydrogen) atoms. The van der Waals surface area contributed by atoms with Crippen LogP contribution in [-0.2, 0) is 20.1 Å². The van der Waals surface area contributed by atoms with Crippen LogP contribution in [0.5, 0.6) is 0 Å². The minimum absolute atomic E-state index is 0.784. The van der Waals surface area contributed by atoms with E-state index in [0.29, 0.717) is 0 Å². The molecule has 0 saturated heterocycles. The molecule has 104 valence electrons. The van der Waals surface area contributed by atoms with Crippen molar-refractivity contribution < 1.29 is 0 Å². The number of aromatic nitrogens is 6. The van der Waals surface area contributed by atoms with Gasteiger partial charge in [-0.25, -0.2) is 4.98 Å². The molecule has 0 atom stereocenters. The third kappa shape index (κ3) is 2.53. The zero-order valence-corrected chi connectivity index (χ0v) is 11.6. The first-order valence-corrected chi connectivity index (χ1v) is 6.57. The largest absolute Gasteiger partial charge is 0.311 e. The Morgan fingerprint density at radius 1 is 1.35 bits per heavy atom. The zero-order chi connectivity index (χ0) is 13.9. The summed E-state index contributed by atoms with van der Waals surface area (Å²) in [5.74, 6) is 0. The van der Waals surface area contributed by atoms with Gasteiger partial charge in [0.25, 0.3) is 0 Å². The van der Waals surface area contributed by atoms with Gasteiger partial charge < -0.3 is 5.32 Å². The van der Waals surface area contributed by atoms with Crippen molar-refractivity contribution in [1.29, 1.82) is 0 Å². The van der Waals surface area contributed by atoms with Gasteiger partial charge in [0.15, 0.2) is 5.65 Å². The van der Waals surface area contributed by atoms with Crippen molar-refractivity contribution in [3.63, 3.8) is 0 Å². The van der Waals surface area contributed by atoms with E-state index in [1.807, 2.05) is 31.0 Å². The van der Waals surface area contributed by atoms with E-state index in [1.54, 1.807) is 10.9 Å². The lowest BCUT2D eigenvalue weighted by molar-refractivity contribution is 0.540. The monoisotopic (exact) mass is 271 g/mol. The summed E-state index contributed by atoms with van der Waals surface area (Å²) in [6.45, 7) is 4.44. The van der Waals surface area contributed by atoms with Gasteiger partial charge in [0.1, 0.15) is 0 Å². The van der Waals surface area contributed by atoms with Gasteiger partial charge in [-0.05, 0) is 18.6 Å². The summed E-state index contributed by atoms with van der Waals surface area (Å²) in [6, 6.07) is 2.15. The molecule has 3 heterocycles. The van der Waals surface area contributed by atoms with Crippen LogP contribution in [0.2, 0.25) is 0 Å². The van der Waals surface area contributed by atoms with Crippen molar-refractivity contribution in [2.24, 2.45) is 7.05 Å². The lowest BCUT2D eigenvalue weighted by Gasteiger charge is -2.05. The molecule has 1 N–H and O–H groups in total. The van der Waals surface area contributed by atoms with Gasteiger partial charge >= 0.3 is 0 Å². The van der Waals surface area contributed by atoms with Crippen LogP contribution in [0.15, 0.2) is 24.7 Å². The first-order chi connectivity index (χ1) is 9.74. The van der Waals surface area contributed by atoms with E-state index in [-0.39, 0.29) is 0 Å². The second-order valence-corrected chi connectivity index (χ2v) is 4.77. The van der Waals surface area contributed by atoms with Crippen molar-refractivity contribution in [2.45, 2.75) is 20.0 Å². The second kappa shape index (κ2) is 5.38. The molecule has 0 saturated carbocycles. The van der Waals surface area contributed by atoms with Crippen molar-refractivity contribution in [2.75, 3.05) is 6.54 Å². The molecule has 0 aliphatic heterocycles. The Kier molecular flexibility index (Phi) is 3.42. The van der Waals surface area contributed by atoms with E-state index in [2.05, 4.69) is 31.8 Å². The average molecular weight is 271 g/mol. The fraction of sp³-hybridized carbons (Fsp3) is 0.385. The van der Waals surface area contributed by atoms with Crippen LogP contribution >= 0.6 is 0 Å². The predicted octanol–water partition coefficient (Wildman–Crippen LogP) is 0.658. The molecule has 7 heteroatoms. The highest BCUT2D eigenvalue weighted by atomic mass is 15.4. The van der Waals surface area contributed by atoms with Crippen LogP contribution in [0.4, 0.5) is 0 Å². The second-order valence-electron chi connectivity index (χ2n) is 4.77. The zero-order valence-electron chi connectivity index (χ0n) is 11.6. The van der Waals surface area contributed by atoms with Gasteiger partial charge in [0.2, 0.25) is 0 Å². The third-order valence-electron chi connectivity index (χ3n) is 3.24. The number of nitrogens with zero attached hydrogens (tertiary/aromatic N) is 6. The molecule has 3 aromatic heterocycles. The molecule has 0 aliphatic rings. The molecule has 0 radical (unpaired) electrons. The summed E-state index contributed by atoms with van der Waals surface area (Å²) in [5.41, 5.74) is 3.10. The van der Waals surface area contributed by atoms with Gasteiger partial charge in [-0.15, -0.1) is 5.10 Å². The molecule has 0 spiro atoms. The number of hydrogen-bond donors (Lipinski definition) is 1. The highest BCUT2D eigenvalue weighted by Gasteiger charge is 2.06. The molecule has 0 aliphatic carbocycles.